The van der Waals surface area contributed by atoms with Crippen molar-refractivity contribution >= 4 is 44.3 Å². The molecule has 1 aromatic rings. The average molecular weight is 281 g/mol. The third kappa shape index (κ3) is 2.44. The summed E-state index contributed by atoms with van der Waals surface area (Å²) in [4.78, 5) is 21.4. The number of anilines is 1. The largest absolute Gasteiger partial charge is 0.465 e. The maximum Gasteiger partial charge on any atom is 0.409 e. The molecule has 0 bridgehead atoms. The number of halogens is 1. The van der Waals surface area contributed by atoms with E-state index in [2.05, 4.69) is 21.2 Å². The second kappa shape index (κ2) is 4.40. The highest BCUT2D eigenvalue weighted by atomic mass is 79.9. The lowest BCUT2D eigenvalue weighted by molar-refractivity contribution is 0.0711. The maximum atomic E-state index is 10.9. The van der Waals surface area contributed by atoms with Gasteiger partial charge in [-0.2, -0.15) is 0 Å². The minimum absolute atomic E-state index is 0.197. The second-order valence-electron chi connectivity index (χ2n) is 2.16. The van der Waals surface area contributed by atoms with Gasteiger partial charge in [-0.3, -0.25) is 15.3 Å². The minimum Gasteiger partial charge on any atom is -0.465 e. The topological polar surface area (TPSA) is 98.7 Å². The fourth-order valence-electron chi connectivity index (χ4n) is 0.718. The van der Waals surface area contributed by atoms with Crippen LogP contribution in [0.3, 0.4) is 0 Å². The Kier molecular flexibility index (Phi) is 3.44. The van der Waals surface area contributed by atoms with Crippen LogP contribution in [0.2, 0.25) is 0 Å². The van der Waals surface area contributed by atoms with Crippen molar-refractivity contribution < 1.29 is 19.9 Å². The summed E-state index contributed by atoms with van der Waals surface area (Å²) in [7, 11) is 0. The van der Waals surface area contributed by atoms with Crippen molar-refractivity contribution in [2.45, 2.75) is 0 Å². The maximum absolute atomic E-state index is 10.9. The summed E-state index contributed by atoms with van der Waals surface area (Å²) in [5.74, 6) is -0.686. The van der Waals surface area contributed by atoms with E-state index in [9.17, 15) is 9.59 Å². The van der Waals surface area contributed by atoms with Gasteiger partial charge in [0.05, 0.1) is 9.35 Å². The number of carbonyl (C=O) groups excluding carboxylic acids is 1. The highest BCUT2D eigenvalue weighted by Gasteiger charge is 2.13. The molecule has 0 aromatic carbocycles. The van der Waals surface area contributed by atoms with E-state index < -0.39 is 12.0 Å². The van der Waals surface area contributed by atoms with Crippen LogP contribution >= 0.6 is 27.3 Å². The molecule has 6 nitrogen and oxygen atoms in total. The number of hydrogen-bond acceptors (Lipinski definition) is 4. The van der Waals surface area contributed by atoms with Gasteiger partial charge in [0, 0.05) is 0 Å². The van der Waals surface area contributed by atoms with E-state index in [1.54, 1.807) is 0 Å². The zero-order valence-corrected chi connectivity index (χ0v) is 8.98. The zero-order valence-electron chi connectivity index (χ0n) is 6.57. The Morgan fingerprint density at radius 1 is 1.50 bits per heavy atom. The van der Waals surface area contributed by atoms with Crippen molar-refractivity contribution in [1.82, 2.24) is 5.48 Å². The summed E-state index contributed by atoms with van der Waals surface area (Å²) >= 11 is 3.98. The first-order valence-electron chi connectivity index (χ1n) is 3.28. The quantitative estimate of drug-likeness (QED) is 0.490. The van der Waals surface area contributed by atoms with Gasteiger partial charge in [0.25, 0.3) is 5.91 Å². The predicted octanol–water partition coefficient (Wildman–Crippen LogP) is 1.72. The fraction of sp³-hybridized carbons (Fsp3) is 0. The molecule has 2 amide bonds. The summed E-state index contributed by atoms with van der Waals surface area (Å²) in [5, 5.41) is 19.1. The SMILES string of the molecule is O=C(O)Nc1sc(C(=O)NO)cc1Br. The van der Waals surface area contributed by atoms with E-state index in [-0.39, 0.29) is 9.88 Å². The Labute approximate surface area is 90.6 Å². The molecule has 14 heavy (non-hydrogen) atoms. The number of hydrogen-bond donors (Lipinski definition) is 4. The monoisotopic (exact) mass is 280 g/mol. The van der Waals surface area contributed by atoms with Gasteiger partial charge in [-0.05, 0) is 22.0 Å². The van der Waals surface area contributed by atoms with E-state index in [1.807, 2.05) is 0 Å². The number of carboxylic acid groups (broad SMARTS) is 1. The Hall–Kier alpha value is -1.12. The number of nitrogens with one attached hydrogen (secondary N) is 2. The van der Waals surface area contributed by atoms with Gasteiger partial charge in [0.15, 0.2) is 0 Å². The molecule has 0 radical (unpaired) electrons. The zero-order chi connectivity index (χ0) is 10.7. The standard InChI is InChI=1S/C6H5BrN2O4S/c7-2-1-3(4(10)9-13)14-5(2)8-6(11)12/h1,8,13H,(H,9,10)(H,11,12). The van der Waals surface area contributed by atoms with Gasteiger partial charge in [-0.1, -0.05) is 0 Å². The molecule has 0 fully saturated rings. The van der Waals surface area contributed by atoms with E-state index in [0.717, 1.165) is 11.3 Å². The van der Waals surface area contributed by atoms with Crippen LogP contribution in [0.25, 0.3) is 0 Å². The molecular weight excluding hydrogens is 276 g/mol. The first-order valence-corrected chi connectivity index (χ1v) is 4.89. The molecule has 0 saturated carbocycles. The molecule has 0 spiro atoms. The highest BCUT2D eigenvalue weighted by molar-refractivity contribution is 9.10. The van der Waals surface area contributed by atoms with Gasteiger partial charge in [0.1, 0.15) is 5.00 Å². The molecule has 0 aliphatic heterocycles. The highest BCUT2D eigenvalue weighted by Crippen LogP contribution is 2.32. The molecule has 0 unspecified atom stereocenters. The van der Waals surface area contributed by atoms with E-state index in [4.69, 9.17) is 10.3 Å². The first-order chi connectivity index (χ1) is 6.54. The van der Waals surface area contributed by atoms with E-state index in [0.29, 0.717) is 4.47 Å². The van der Waals surface area contributed by atoms with Crippen molar-refractivity contribution in [2.75, 3.05) is 5.32 Å². The molecule has 4 N–H and O–H groups in total. The molecular formula is C6H5BrN2O4S. The van der Waals surface area contributed by atoms with E-state index >= 15 is 0 Å². The van der Waals surface area contributed by atoms with Crippen LogP contribution < -0.4 is 10.8 Å². The van der Waals surface area contributed by atoms with Crippen LogP contribution in [0.4, 0.5) is 9.80 Å². The Morgan fingerprint density at radius 3 is 2.64 bits per heavy atom. The lowest BCUT2D eigenvalue weighted by atomic mass is 10.4. The van der Waals surface area contributed by atoms with Crippen molar-refractivity contribution in [2.24, 2.45) is 0 Å². The fourth-order valence-corrected chi connectivity index (χ4v) is 2.27. The van der Waals surface area contributed by atoms with Gasteiger partial charge in [-0.15, -0.1) is 11.3 Å². The Bertz CT molecular complexity index is 378. The minimum atomic E-state index is -1.22. The molecule has 1 rings (SSSR count). The number of thiophene rings is 1. The van der Waals surface area contributed by atoms with Crippen LogP contribution in [-0.2, 0) is 0 Å². The Morgan fingerprint density at radius 2 is 2.14 bits per heavy atom. The van der Waals surface area contributed by atoms with Gasteiger partial charge < -0.3 is 5.11 Å². The lowest BCUT2D eigenvalue weighted by Crippen LogP contribution is -2.16. The summed E-state index contributed by atoms with van der Waals surface area (Å²) in [6, 6.07) is 1.40. The summed E-state index contributed by atoms with van der Waals surface area (Å²) in [5.41, 5.74) is 1.45. The van der Waals surface area contributed by atoms with Gasteiger partial charge >= 0.3 is 6.09 Å². The van der Waals surface area contributed by atoms with Crippen molar-refractivity contribution in [3.05, 3.63) is 15.4 Å². The normalized spacial score (nSPS) is 9.57. The smallest absolute Gasteiger partial charge is 0.409 e. The summed E-state index contributed by atoms with van der Waals surface area (Å²) < 4.78 is 0.448. The van der Waals surface area contributed by atoms with E-state index in [1.165, 1.54) is 11.5 Å². The van der Waals surface area contributed by atoms with Gasteiger partial charge in [-0.25, -0.2) is 10.3 Å². The molecule has 0 aliphatic rings. The third-order valence-electron chi connectivity index (χ3n) is 1.23. The molecule has 0 aliphatic carbocycles. The molecule has 8 heteroatoms. The first kappa shape index (κ1) is 11.0. The van der Waals surface area contributed by atoms with Crippen LogP contribution in [0.5, 0.6) is 0 Å². The molecule has 1 heterocycles. The number of amides is 2. The molecule has 0 atom stereocenters. The molecule has 0 saturated heterocycles. The summed E-state index contributed by atoms with van der Waals surface area (Å²) in [6.07, 6.45) is -1.22. The van der Waals surface area contributed by atoms with Crippen LogP contribution in [0.1, 0.15) is 9.67 Å². The second-order valence-corrected chi connectivity index (χ2v) is 4.07. The third-order valence-corrected chi connectivity index (χ3v) is 3.17. The number of hydroxylamine groups is 1. The van der Waals surface area contributed by atoms with Crippen LogP contribution in [-0.4, -0.2) is 22.3 Å². The summed E-state index contributed by atoms with van der Waals surface area (Å²) in [6.45, 7) is 0. The molecule has 76 valence electrons. The number of carbonyl (C=O) groups is 2. The molecule has 1 aromatic heterocycles. The predicted molar refractivity (Wildman–Crippen MR) is 52.9 cm³/mol. The van der Waals surface area contributed by atoms with Crippen molar-refractivity contribution in [3.63, 3.8) is 0 Å². The Balaban J connectivity index is 2.93. The average Bonchev–Trinajstić information content (AvgIpc) is 2.46. The van der Waals surface area contributed by atoms with Crippen molar-refractivity contribution in [1.29, 1.82) is 0 Å². The van der Waals surface area contributed by atoms with Crippen molar-refractivity contribution in [3.8, 4) is 0 Å². The van der Waals surface area contributed by atoms with Crippen LogP contribution in [0.15, 0.2) is 10.5 Å². The number of rotatable bonds is 2. The van der Waals surface area contributed by atoms with Gasteiger partial charge in [0.2, 0.25) is 0 Å². The van der Waals surface area contributed by atoms with Crippen LogP contribution in [0, 0.1) is 0 Å². The lowest BCUT2D eigenvalue weighted by Gasteiger charge is -1.95.